The normalized spacial score (nSPS) is 11.8. The number of guanidine groups is 1. The molecule has 2 rings (SSSR count). The lowest BCUT2D eigenvalue weighted by Crippen LogP contribution is -2.37. The van der Waals surface area contributed by atoms with Gasteiger partial charge in [-0.15, -0.1) is 11.3 Å². The lowest BCUT2D eigenvalue weighted by Gasteiger charge is -2.10. The first-order chi connectivity index (χ1) is 10.5. The van der Waals surface area contributed by atoms with Gasteiger partial charge in [-0.1, -0.05) is 0 Å². The maximum absolute atomic E-state index is 5.53. The van der Waals surface area contributed by atoms with Gasteiger partial charge in [0.25, 0.3) is 0 Å². The van der Waals surface area contributed by atoms with E-state index < -0.39 is 0 Å². The standard InChI is InChI=1S/C16H24N4OS/c1-10-8-14(12(3)21-10)9-19-16(17-5)18-7-6-15-20-11(2)13(4)22-15/h8H,6-7,9H2,1-5H3,(H2,17,18,19). The molecular formula is C16H24N4OS. The Bertz CT molecular complexity index is 638. The minimum Gasteiger partial charge on any atom is -0.466 e. The number of thiazole rings is 1. The molecular weight excluding hydrogens is 296 g/mol. The monoisotopic (exact) mass is 320 g/mol. The summed E-state index contributed by atoms with van der Waals surface area (Å²) in [7, 11) is 1.78. The van der Waals surface area contributed by atoms with Gasteiger partial charge in [0.1, 0.15) is 11.5 Å². The van der Waals surface area contributed by atoms with Gasteiger partial charge < -0.3 is 15.1 Å². The van der Waals surface area contributed by atoms with E-state index in [1.165, 1.54) is 9.88 Å². The third kappa shape index (κ3) is 4.34. The first-order valence-corrected chi connectivity index (χ1v) is 8.24. The van der Waals surface area contributed by atoms with Crippen molar-refractivity contribution in [3.8, 4) is 0 Å². The third-order valence-electron chi connectivity index (χ3n) is 3.52. The number of hydrogen-bond acceptors (Lipinski definition) is 4. The molecule has 22 heavy (non-hydrogen) atoms. The molecule has 0 amide bonds. The lowest BCUT2D eigenvalue weighted by molar-refractivity contribution is 0.500. The Hall–Kier alpha value is -1.82. The van der Waals surface area contributed by atoms with Gasteiger partial charge in [0.05, 0.1) is 10.7 Å². The smallest absolute Gasteiger partial charge is 0.191 e. The van der Waals surface area contributed by atoms with Crippen LogP contribution in [0.5, 0.6) is 0 Å². The van der Waals surface area contributed by atoms with Crippen molar-refractivity contribution >= 4 is 17.3 Å². The van der Waals surface area contributed by atoms with Crippen molar-refractivity contribution < 1.29 is 4.42 Å². The predicted molar refractivity (Wildman–Crippen MR) is 91.7 cm³/mol. The summed E-state index contributed by atoms with van der Waals surface area (Å²) >= 11 is 1.76. The highest BCUT2D eigenvalue weighted by atomic mass is 32.1. The Morgan fingerprint density at radius 2 is 2.05 bits per heavy atom. The molecule has 0 bridgehead atoms. The van der Waals surface area contributed by atoms with Crippen LogP contribution in [0.2, 0.25) is 0 Å². The third-order valence-corrected chi connectivity index (χ3v) is 4.65. The zero-order valence-electron chi connectivity index (χ0n) is 13.9. The van der Waals surface area contributed by atoms with Crippen molar-refractivity contribution in [1.29, 1.82) is 0 Å². The quantitative estimate of drug-likeness (QED) is 0.657. The number of furan rings is 1. The minimum absolute atomic E-state index is 0.707. The average molecular weight is 320 g/mol. The van der Waals surface area contributed by atoms with Gasteiger partial charge in [0.2, 0.25) is 0 Å². The van der Waals surface area contributed by atoms with Gasteiger partial charge in [-0.2, -0.15) is 0 Å². The highest BCUT2D eigenvalue weighted by molar-refractivity contribution is 7.11. The van der Waals surface area contributed by atoms with Gasteiger partial charge in [-0.3, -0.25) is 4.99 Å². The molecule has 0 aromatic carbocycles. The molecule has 0 radical (unpaired) electrons. The molecule has 0 atom stereocenters. The SMILES string of the molecule is CN=C(NCCc1nc(C)c(C)s1)NCc1cc(C)oc1C. The van der Waals surface area contributed by atoms with Crippen LogP contribution in [0.1, 0.15) is 32.7 Å². The Balaban J connectivity index is 1.79. The second kappa shape index (κ2) is 7.45. The fourth-order valence-electron chi connectivity index (χ4n) is 2.19. The van der Waals surface area contributed by atoms with Crippen molar-refractivity contribution in [3.05, 3.63) is 38.7 Å². The number of nitrogens with zero attached hydrogens (tertiary/aromatic N) is 2. The molecule has 0 saturated carbocycles. The summed E-state index contributed by atoms with van der Waals surface area (Å²) in [5.41, 5.74) is 2.29. The van der Waals surface area contributed by atoms with Gasteiger partial charge in [0, 0.05) is 37.0 Å². The molecule has 0 fully saturated rings. The van der Waals surface area contributed by atoms with E-state index in [4.69, 9.17) is 4.42 Å². The van der Waals surface area contributed by atoms with E-state index in [1.54, 1.807) is 18.4 Å². The van der Waals surface area contributed by atoms with E-state index >= 15 is 0 Å². The van der Waals surface area contributed by atoms with E-state index in [9.17, 15) is 0 Å². The molecule has 2 heterocycles. The molecule has 0 aliphatic rings. The van der Waals surface area contributed by atoms with Crippen LogP contribution in [0, 0.1) is 27.7 Å². The van der Waals surface area contributed by atoms with E-state index in [1.807, 2.05) is 13.8 Å². The number of hydrogen-bond donors (Lipinski definition) is 2. The first-order valence-electron chi connectivity index (χ1n) is 7.43. The lowest BCUT2D eigenvalue weighted by atomic mass is 10.2. The van der Waals surface area contributed by atoms with Gasteiger partial charge in [0.15, 0.2) is 5.96 Å². The van der Waals surface area contributed by atoms with Gasteiger partial charge in [-0.05, 0) is 33.8 Å². The zero-order valence-corrected chi connectivity index (χ0v) is 14.7. The number of aliphatic imine (C=N–C) groups is 1. The fraction of sp³-hybridized carbons (Fsp3) is 0.500. The molecule has 0 aliphatic heterocycles. The molecule has 2 N–H and O–H groups in total. The highest BCUT2D eigenvalue weighted by Gasteiger charge is 2.06. The molecule has 0 spiro atoms. The van der Waals surface area contributed by atoms with Crippen LogP contribution < -0.4 is 10.6 Å². The average Bonchev–Trinajstić information content (AvgIpc) is 2.96. The number of nitrogens with one attached hydrogen (secondary N) is 2. The van der Waals surface area contributed by atoms with Crippen LogP contribution in [0.15, 0.2) is 15.5 Å². The van der Waals surface area contributed by atoms with E-state index in [0.717, 1.165) is 41.7 Å². The summed E-state index contributed by atoms with van der Waals surface area (Å²) in [4.78, 5) is 10.1. The van der Waals surface area contributed by atoms with Crippen LogP contribution in [-0.4, -0.2) is 24.5 Å². The Morgan fingerprint density at radius 3 is 2.59 bits per heavy atom. The van der Waals surface area contributed by atoms with Crippen molar-refractivity contribution in [1.82, 2.24) is 15.6 Å². The van der Waals surface area contributed by atoms with E-state index in [-0.39, 0.29) is 0 Å². The largest absolute Gasteiger partial charge is 0.466 e. The summed E-state index contributed by atoms with van der Waals surface area (Å²) < 4.78 is 5.53. The van der Waals surface area contributed by atoms with E-state index in [2.05, 4.69) is 40.5 Å². The maximum atomic E-state index is 5.53. The minimum atomic E-state index is 0.707. The summed E-state index contributed by atoms with van der Waals surface area (Å²) in [5, 5.41) is 7.79. The Kier molecular flexibility index (Phi) is 5.60. The highest BCUT2D eigenvalue weighted by Crippen LogP contribution is 2.16. The molecule has 6 heteroatoms. The van der Waals surface area contributed by atoms with Crippen LogP contribution in [0.3, 0.4) is 0 Å². The molecule has 120 valence electrons. The number of rotatable bonds is 5. The summed E-state index contributed by atoms with van der Waals surface area (Å²) in [6.07, 6.45) is 0.907. The van der Waals surface area contributed by atoms with Crippen molar-refractivity contribution in [2.45, 2.75) is 40.7 Å². The van der Waals surface area contributed by atoms with Crippen molar-refractivity contribution in [2.75, 3.05) is 13.6 Å². The summed E-state index contributed by atoms with van der Waals surface area (Å²) in [6.45, 7) is 9.63. The molecule has 0 aliphatic carbocycles. The number of aryl methyl sites for hydroxylation is 4. The number of aromatic nitrogens is 1. The molecule has 0 saturated heterocycles. The summed E-state index contributed by atoms with van der Waals surface area (Å²) in [5.74, 6) is 2.68. The van der Waals surface area contributed by atoms with Crippen molar-refractivity contribution in [2.24, 2.45) is 4.99 Å². The van der Waals surface area contributed by atoms with Gasteiger partial charge in [-0.25, -0.2) is 4.98 Å². The van der Waals surface area contributed by atoms with Crippen LogP contribution in [0.4, 0.5) is 0 Å². The molecule has 0 unspecified atom stereocenters. The Morgan fingerprint density at radius 1 is 1.27 bits per heavy atom. The maximum Gasteiger partial charge on any atom is 0.191 e. The summed E-state index contributed by atoms with van der Waals surface area (Å²) in [6, 6.07) is 2.05. The molecule has 5 nitrogen and oxygen atoms in total. The second-order valence-corrected chi connectivity index (χ2v) is 6.58. The first kappa shape index (κ1) is 16.5. The van der Waals surface area contributed by atoms with Crippen LogP contribution in [0.25, 0.3) is 0 Å². The molecule has 2 aromatic heterocycles. The van der Waals surface area contributed by atoms with Gasteiger partial charge >= 0.3 is 0 Å². The van der Waals surface area contributed by atoms with Crippen LogP contribution in [-0.2, 0) is 13.0 Å². The topological polar surface area (TPSA) is 62.5 Å². The second-order valence-electron chi connectivity index (χ2n) is 5.29. The fourth-order valence-corrected chi connectivity index (χ4v) is 3.13. The Labute approximate surface area is 135 Å². The zero-order chi connectivity index (χ0) is 16.1. The van der Waals surface area contributed by atoms with Crippen molar-refractivity contribution in [3.63, 3.8) is 0 Å². The molecule has 2 aromatic rings. The van der Waals surface area contributed by atoms with Crippen LogP contribution >= 0.6 is 11.3 Å². The predicted octanol–water partition coefficient (Wildman–Crippen LogP) is 2.88. The van der Waals surface area contributed by atoms with E-state index in [0.29, 0.717) is 6.54 Å².